The van der Waals surface area contributed by atoms with Gasteiger partial charge in [-0.25, -0.2) is 0 Å². The monoisotopic (exact) mass is 310 g/mol. The summed E-state index contributed by atoms with van der Waals surface area (Å²) in [6, 6.07) is 0. The van der Waals surface area contributed by atoms with Gasteiger partial charge in [0.25, 0.3) is 0 Å². The molecule has 0 aliphatic heterocycles. The Balaban J connectivity index is 2.99. The van der Waals surface area contributed by atoms with Crippen LogP contribution >= 0.6 is 0 Å². The summed E-state index contributed by atoms with van der Waals surface area (Å²) in [6.07, 6.45) is 12.9. The third kappa shape index (κ3) is 5.47. The maximum Gasteiger partial charge on any atom is 0.327 e. The number of rotatable bonds is 4. The molecule has 0 atom stereocenters. The van der Waals surface area contributed by atoms with Gasteiger partial charge in [-0.05, 0) is 33.1 Å². The van der Waals surface area contributed by atoms with Crippen molar-refractivity contribution in [2.75, 3.05) is 13.2 Å². The summed E-state index contributed by atoms with van der Waals surface area (Å²) in [5.41, 5.74) is -1.26. The van der Waals surface area contributed by atoms with Crippen molar-refractivity contribution in [3.8, 4) is 0 Å². The molecule has 0 N–H and O–H groups in total. The highest BCUT2D eigenvalue weighted by molar-refractivity contribution is 6.02. The Bertz CT molecular complexity index is 355. The van der Waals surface area contributed by atoms with E-state index in [1.807, 2.05) is 6.08 Å². The molecule has 0 bridgehead atoms. The maximum atomic E-state index is 12.5. The lowest BCUT2D eigenvalue weighted by Crippen LogP contribution is -2.40. The van der Waals surface area contributed by atoms with Crippen LogP contribution < -0.4 is 0 Å². The fraction of sp³-hybridized carbons (Fsp3) is 0.778. The number of carbonyl (C=O) groups excluding carboxylic acids is 2. The molecule has 0 spiro atoms. The largest absolute Gasteiger partial charge is 0.465 e. The van der Waals surface area contributed by atoms with Gasteiger partial charge in [0.1, 0.15) is 0 Å². The first kappa shape index (κ1) is 18.7. The molecule has 0 saturated carbocycles. The number of esters is 2. The molecule has 1 aliphatic carbocycles. The average molecular weight is 310 g/mol. The van der Waals surface area contributed by atoms with Gasteiger partial charge in [-0.15, -0.1) is 0 Å². The second-order valence-electron chi connectivity index (χ2n) is 5.83. The maximum absolute atomic E-state index is 12.5. The van der Waals surface area contributed by atoms with Gasteiger partial charge in [0.05, 0.1) is 13.2 Å². The van der Waals surface area contributed by atoms with E-state index in [9.17, 15) is 9.59 Å². The van der Waals surface area contributed by atoms with Crippen molar-refractivity contribution in [3.05, 3.63) is 12.2 Å². The number of hydrogen-bond acceptors (Lipinski definition) is 4. The van der Waals surface area contributed by atoms with Gasteiger partial charge >= 0.3 is 11.9 Å². The molecule has 0 heterocycles. The second kappa shape index (κ2) is 10.4. The average Bonchev–Trinajstić information content (AvgIpc) is 2.48. The topological polar surface area (TPSA) is 52.6 Å². The molecule has 0 amide bonds. The molecule has 22 heavy (non-hydrogen) atoms. The quantitative estimate of drug-likeness (QED) is 0.444. The summed E-state index contributed by atoms with van der Waals surface area (Å²) in [7, 11) is 0. The van der Waals surface area contributed by atoms with Crippen molar-refractivity contribution in [1.29, 1.82) is 0 Å². The van der Waals surface area contributed by atoms with E-state index in [4.69, 9.17) is 9.47 Å². The molecule has 0 aromatic heterocycles. The zero-order valence-corrected chi connectivity index (χ0v) is 14.1. The Kier molecular flexibility index (Phi) is 8.86. The molecule has 126 valence electrons. The molecule has 1 aliphatic rings. The minimum atomic E-state index is -1.26. The molecule has 1 rings (SSSR count). The van der Waals surface area contributed by atoms with E-state index in [1.165, 1.54) is 19.3 Å². The predicted octanol–water partition coefficient (Wildman–Crippen LogP) is 4.18. The van der Waals surface area contributed by atoms with E-state index in [-0.39, 0.29) is 13.2 Å². The van der Waals surface area contributed by atoms with Gasteiger partial charge < -0.3 is 9.47 Å². The van der Waals surface area contributed by atoms with Gasteiger partial charge in [0.2, 0.25) is 0 Å². The van der Waals surface area contributed by atoms with Crippen molar-refractivity contribution in [3.63, 3.8) is 0 Å². The summed E-state index contributed by atoms with van der Waals surface area (Å²) in [5.74, 6) is -0.941. The van der Waals surface area contributed by atoms with E-state index in [1.54, 1.807) is 19.9 Å². The smallest absolute Gasteiger partial charge is 0.327 e. The zero-order valence-electron chi connectivity index (χ0n) is 14.1. The number of allylic oxidation sites excluding steroid dienone is 1. The lowest BCUT2D eigenvalue weighted by molar-refractivity contribution is -0.168. The minimum Gasteiger partial charge on any atom is -0.465 e. The summed E-state index contributed by atoms with van der Waals surface area (Å²) < 4.78 is 10.4. The van der Waals surface area contributed by atoms with Crippen LogP contribution in [0.5, 0.6) is 0 Å². The zero-order chi connectivity index (χ0) is 16.3. The third-order valence-electron chi connectivity index (χ3n) is 4.12. The van der Waals surface area contributed by atoms with Gasteiger partial charge in [0.15, 0.2) is 5.41 Å². The lowest BCUT2D eigenvalue weighted by Gasteiger charge is -2.26. The highest BCUT2D eigenvalue weighted by Gasteiger charge is 2.46. The van der Waals surface area contributed by atoms with Crippen LogP contribution in [0.25, 0.3) is 0 Å². The molecule has 0 unspecified atom stereocenters. The normalized spacial score (nSPS) is 19.5. The molecule has 4 heteroatoms. The second-order valence-corrected chi connectivity index (χ2v) is 5.83. The van der Waals surface area contributed by atoms with Crippen LogP contribution in [0.2, 0.25) is 0 Å². The minimum absolute atomic E-state index is 0.272. The molecule has 0 radical (unpaired) electrons. The fourth-order valence-electron chi connectivity index (χ4n) is 2.86. The first-order valence-corrected chi connectivity index (χ1v) is 8.69. The van der Waals surface area contributed by atoms with Gasteiger partial charge in [-0.2, -0.15) is 0 Å². The van der Waals surface area contributed by atoms with E-state index >= 15 is 0 Å². The Labute approximate surface area is 134 Å². The predicted molar refractivity (Wildman–Crippen MR) is 86.4 cm³/mol. The molecule has 0 fully saturated rings. The van der Waals surface area contributed by atoms with E-state index in [2.05, 4.69) is 0 Å². The van der Waals surface area contributed by atoms with E-state index in [0.717, 1.165) is 32.1 Å². The first-order valence-electron chi connectivity index (χ1n) is 8.69. The van der Waals surface area contributed by atoms with Crippen LogP contribution in [-0.2, 0) is 19.1 Å². The molecule has 0 saturated heterocycles. The van der Waals surface area contributed by atoms with Crippen LogP contribution in [0.3, 0.4) is 0 Å². The standard InChI is InChI=1S/C18H30O4/c1-3-21-16(19)18(17(20)22-4-2)14-12-10-8-6-5-7-9-11-13-15-18/h12,14H,3-11,13,15H2,1-2H3. The van der Waals surface area contributed by atoms with Crippen molar-refractivity contribution >= 4 is 11.9 Å². The van der Waals surface area contributed by atoms with Crippen molar-refractivity contribution < 1.29 is 19.1 Å². The number of hydrogen-bond donors (Lipinski definition) is 0. The van der Waals surface area contributed by atoms with Crippen molar-refractivity contribution in [1.82, 2.24) is 0 Å². The van der Waals surface area contributed by atoms with Crippen LogP contribution in [0.15, 0.2) is 12.2 Å². The lowest BCUT2D eigenvalue weighted by atomic mass is 9.81. The number of ether oxygens (including phenoxy) is 2. The van der Waals surface area contributed by atoms with Crippen LogP contribution in [-0.4, -0.2) is 25.2 Å². The highest BCUT2D eigenvalue weighted by atomic mass is 16.6. The summed E-state index contributed by atoms with van der Waals surface area (Å²) >= 11 is 0. The molecule has 4 nitrogen and oxygen atoms in total. The SMILES string of the molecule is CCOC(=O)C1(C(=O)OCC)C=CCCCCCCCCC1. The molecule has 0 aromatic carbocycles. The van der Waals surface area contributed by atoms with Crippen LogP contribution in [0.1, 0.15) is 71.6 Å². The van der Waals surface area contributed by atoms with E-state index < -0.39 is 17.4 Å². The Morgan fingerprint density at radius 1 is 0.864 bits per heavy atom. The fourth-order valence-corrected chi connectivity index (χ4v) is 2.86. The van der Waals surface area contributed by atoms with Crippen molar-refractivity contribution in [2.24, 2.45) is 5.41 Å². The first-order chi connectivity index (χ1) is 10.7. The molecule has 0 aromatic rings. The number of carbonyl (C=O) groups is 2. The Morgan fingerprint density at radius 3 is 1.91 bits per heavy atom. The van der Waals surface area contributed by atoms with Crippen LogP contribution in [0.4, 0.5) is 0 Å². The third-order valence-corrected chi connectivity index (χ3v) is 4.12. The highest BCUT2D eigenvalue weighted by Crippen LogP contribution is 2.32. The Hall–Kier alpha value is -1.32. The van der Waals surface area contributed by atoms with Gasteiger partial charge in [-0.3, -0.25) is 9.59 Å². The van der Waals surface area contributed by atoms with E-state index in [0.29, 0.717) is 6.42 Å². The molecular weight excluding hydrogens is 280 g/mol. The summed E-state index contributed by atoms with van der Waals surface area (Å²) in [4.78, 5) is 25.0. The Morgan fingerprint density at radius 2 is 1.36 bits per heavy atom. The molecular formula is C18H30O4. The summed E-state index contributed by atoms with van der Waals surface area (Å²) in [6.45, 7) is 4.06. The van der Waals surface area contributed by atoms with Gasteiger partial charge in [-0.1, -0.05) is 50.7 Å². The summed E-state index contributed by atoms with van der Waals surface area (Å²) in [5, 5.41) is 0. The van der Waals surface area contributed by atoms with Crippen LogP contribution in [0, 0.1) is 5.41 Å². The van der Waals surface area contributed by atoms with Crippen molar-refractivity contribution in [2.45, 2.75) is 71.6 Å². The van der Waals surface area contributed by atoms with Gasteiger partial charge in [0, 0.05) is 0 Å².